The maximum Gasteiger partial charge on any atom is 0.128 e. The molecule has 0 saturated heterocycles. The van der Waals surface area contributed by atoms with Crippen molar-refractivity contribution in [1.29, 1.82) is 0 Å². The van der Waals surface area contributed by atoms with Crippen LogP contribution in [0.15, 0.2) is 48.5 Å². The second-order valence-electron chi connectivity index (χ2n) is 5.90. The summed E-state index contributed by atoms with van der Waals surface area (Å²) in [5, 5.41) is 14.9. The van der Waals surface area contributed by atoms with Crippen LogP contribution in [-0.2, 0) is 5.60 Å². The summed E-state index contributed by atoms with van der Waals surface area (Å²) in [4.78, 5) is 0. The molecule has 0 fully saturated rings. The van der Waals surface area contributed by atoms with Crippen LogP contribution in [0.5, 0.6) is 0 Å². The van der Waals surface area contributed by atoms with Gasteiger partial charge in [0.05, 0.1) is 0 Å². The SMILES string of the molecule is CC(C)NCC1(O)c2ccccc2C=Cc2ccccc21. The molecule has 2 nitrogen and oxygen atoms in total. The summed E-state index contributed by atoms with van der Waals surface area (Å²) in [6, 6.07) is 16.5. The van der Waals surface area contributed by atoms with Crippen molar-refractivity contribution in [2.45, 2.75) is 25.5 Å². The molecular weight excluding hydrogens is 258 g/mol. The third-order valence-electron chi connectivity index (χ3n) is 4.02. The van der Waals surface area contributed by atoms with Crippen LogP contribution in [0.3, 0.4) is 0 Å². The van der Waals surface area contributed by atoms with Crippen molar-refractivity contribution in [3.05, 3.63) is 70.8 Å². The lowest BCUT2D eigenvalue weighted by Gasteiger charge is -2.32. The highest BCUT2D eigenvalue weighted by Gasteiger charge is 2.35. The summed E-state index contributed by atoms with van der Waals surface area (Å²) in [6.07, 6.45) is 4.17. The van der Waals surface area contributed by atoms with Crippen LogP contribution < -0.4 is 5.32 Å². The van der Waals surface area contributed by atoms with Crippen LogP contribution in [0.25, 0.3) is 12.2 Å². The van der Waals surface area contributed by atoms with E-state index in [1.165, 1.54) is 0 Å². The topological polar surface area (TPSA) is 32.3 Å². The molecule has 2 N–H and O–H groups in total. The molecule has 0 bridgehead atoms. The Morgan fingerprint density at radius 1 is 0.905 bits per heavy atom. The van der Waals surface area contributed by atoms with Gasteiger partial charge in [-0.3, -0.25) is 0 Å². The molecule has 0 atom stereocenters. The van der Waals surface area contributed by atoms with Gasteiger partial charge in [0.25, 0.3) is 0 Å². The van der Waals surface area contributed by atoms with Crippen LogP contribution in [0, 0.1) is 0 Å². The molecule has 0 unspecified atom stereocenters. The average Bonchev–Trinajstić information content (AvgIpc) is 2.62. The lowest BCUT2D eigenvalue weighted by atomic mass is 9.83. The van der Waals surface area contributed by atoms with Crippen LogP contribution >= 0.6 is 0 Å². The zero-order chi connectivity index (χ0) is 14.9. The van der Waals surface area contributed by atoms with E-state index in [-0.39, 0.29) is 0 Å². The molecule has 3 rings (SSSR count). The highest BCUT2D eigenvalue weighted by Crippen LogP contribution is 2.37. The Morgan fingerprint density at radius 3 is 1.86 bits per heavy atom. The van der Waals surface area contributed by atoms with E-state index in [4.69, 9.17) is 0 Å². The predicted molar refractivity (Wildman–Crippen MR) is 87.9 cm³/mol. The largest absolute Gasteiger partial charge is 0.379 e. The normalized spacial score (nSPS) is 15.4. The number of fused-ring (bicyclic) bond motifs is 2. The average molecular weight is 279 g/mol. The van der Waals surface area contributed by atoms with Gasteiger partial charge in [-0.25, -0.2) is 0 Å². The number of benzene rings is 2. The number of rotatable bonds is 3. The van der Waals surface area contributed by atoms with E-state index in [2.05, 4.69) is 43.4 Å². The maximum absolute atomic E-state index is 11.5. The monoisotopic (exact) mass is 279 g/mol. The first-order chi connectivity index (χ1) is 10.1. The third kappa shape index (κ3) is 2.53. The van der Waals surface area contributed by atoms with Gasteiger partial charge in [0.1, 0.15) is 5.60 Å². The van der Waals surface area contributed by atoms with Crippen molar-refractivity contribution in [3.63, 3.8) is 0 Å². The molecule has 2 aromatic rings. The van der Waals surface area contributed by atoms with E-state index in [0.29, 0.717) is 12.6 Å². The molecule has 21 heavy (non-hydrogen) atoms. The molecule has 0 aliphatic heterocycles. The Bertz CT molecular complexity index is 623. The summed E-state index contributed by atoms with van der Waals surface area (Å²) in [5.41, 5.74) is 3.04. The molecule has 0 aromatic heterocycles. The van der Waals surface area contributed by atoms with Crippen LogP contribution in [0.2, 0.25) is 0 Å². The quantitative estimate of drug-likeness (QED) is 0.902. The molecule has 0 saturated carbocycles. The van der Waals surface area contributed by atoms with Gasteiger partial charge in [-0.1, -0.05) is 74.5 Å². The first kappa shape index (κ1) is 14.1. The van der Waals surface area contributed by atoms with Gasteiger partial charge in [-0.15, -0.1) is 0 Å². The predicted octanol–water partition coefficient (Wildman–Crippen LogP) is 3.40. The lowest BCUT2D eigenvalue weighted by Crippen LogP contribution is -2.42. The summed E-state index contributed by atoms with van der Waals surface area (Å²) in [5.74, 6) is 0. The van der Waals surface area contributed by atoms with Crippen LogP contribution in [-0.4, -0.2) is 17.7 Å². The van der Waals surface area contributed by atoms with E-state index >= 15 is 0 Å². The second kappa shape index (κ2) is 5.47. The highest BCUT2D eigenvalue weighted by atomic mass is 16.3. The van der Waals surface area contributed by atoms with Gasteiger partial charge < -0.3 is 10.4 Å². The van der Waals surface area contributed by atoms with Crippen molar-refractivity contribution >= 4 is 12.2 Å². The summed E-state index contributed by atoms with van der Waals surface area (Å²) in [6.45, 7) is 4.69. The van der Waals surface area contributed by atoms with Crippen LogP contribution in [0.1, 0.15) is 36.1 Å². The zero-order valence-corrected chi connectivity index (χ0v) is 12.5. The van der Waals surface area contributed by atoms with Gasteiger partial charge in [0.2, 0.25) is 0 Å². The Labute approximate surface area is 126 Å². The van der Waals surface area contributed by atoms with Gasteiger partial charge in [-0.2, -0.15) is 0 Å². The number of hydrogen-bond acceptors (Lipinski definition) is 2. The molecule has 0 heterocycles. The van der Waals surface area contributed by atoms with Crippen molar-refractivity contribution in [3.8, 4) is 0 Å². The van der Waals surface area contributed by atoms with Crippen molar-refractivity contribution in [2.24, 2.45) is 0 Å². The molecule has 1 aliphatic rings. The molecule has 2 heteroatoms. The Hall–Kier alpha value is -1.90. The van der Waals surface area contributed by atoms with Crippen molar-refractivity contribution < 1.29 is 5.11 Å². The van der Waals surface area contributed by atoms with Gasteiger partial charge in [-0.05, 0) is 22.3 Å². The molecule has 0 radical (unpaired) electrons. The van der Waals surface area contributed by atoms with Crippen LogP contribution in [0.4, 0.5) is 0 Å². The summed E-state index contributed by atoms with van der Waals surface area (Å²) in [7, 11) is 0. The summed E-state index contributed by atoms with van der Waals surface area (Å²) >= 11 is 0. The van der Waals surface area contributed by atoms with Crippen molar-refractivity contribution in [2.75, 3.05) is 6.54 Å². The number of nitrogens with one attached hydrogen (secondary N) is 1. The molecule has 2 aromatic carbocycles. The maximum atomic E-state index is 11.5. The fraction of sp³-hybridized carbons (Fsp3) is 0.263. The fourth-order valence-corrected chi connectivity index (χ4v) is 2.90. The molecule has 0 amide bonds. The minimum atomic E-state index is -1.01. The number of aliphatic hydroxyl groups is 1. The highest BCUT2D eigenvalue weighted by molar-refractivity contribution is 5.77. The molecule has 108 valence electrons. The second-order valence-corrected chi connectivity index (χ2v) is 5.90. The Kier molecular flexibility index (Phi) is 3.66. The van der Waals surface area contributed by atoms with E-state index < -0.39 is 5.60 Å². The minimum absolute atomic E-state index is 0.324. The van der Waals surface area contributed by atoms with E-state index in [9.17, 15) is 5.11 Å². The summed E-state index contributed by atoms with van der Waals surface area (Å²) < 4.78 is 0. The smallest absolute Gasteiger partial charge is 0.128 e. The zero-order valence-electron chi connectivity index (χ0n) is 12.5. The third-order valence-corrected chi connectivity index (χ3v) is 4.02. The molecular formula is C19H21NO. The fourth-order valence-electron chi connectivity index (χ4n) is 2.90. The van der Waals surface area contributed by atoms with Crippen molar-refractivity contribution in [1.82, 2.24) is 5.32 Å². The molecule has 0 spiro atoms. The Balaban J connectivity index is 2.18. The Morgan fingerprint density at radius 2 is 1.38 bits per heavy atom. The standard InChI is InChI=1S/C19H21NO/c1-14(2)20-13-19(21)17-9-5-3-7-15(17)11-12-16-8-4-6-10-18(16)19/h3-12,14,20-21H,13H2,1-2H3. The first-order valence-electron chi connectivity index (χ1n) is 7.44. The van der Waals surface area contributed by atoms with Gasteiger partial charge in [0, 0.05) is 12.6 Å². The number of hydrogen-bond donors (Lipinski definition) is 2. The van der Waals surface area contributed by atoms with E-state index in [1.807, 2.05) is 36.4 Å². The lowest BCUT2D eigenvalue weighted by molar-refractivity contribution is 0.0775. The molecule has 1 aliphatic carbocycles. The van der Waals surface area contributed by atoms with Gasteiger partial charge in [0.15, 0.2) is 0 Å². The first-order valence-corrected chi connectivity index (χ1v) is 7.44. The minimum Gasteiger partial charge on any atom is -0.379 e. The van der Waals surface area contributed by atoms with E-state index in [1.54, 1.807) is 0 Å². The van der Waals surface area contributed by atoms with Gasteiger partial charge >= 0.3 is 0 Å². The van der Waals surface area contributed by atoms with E-state index in [0.717, 1.165) is 22.3 Å².